The first-order chi connectivity index (χ1) is 9.35. The lowest BCUT2D eigenvalue weighted by molar-refractivity contribution is 0.107. The van der Waals surface area contributed by atoms with Crippen molar-refractivity contribution in [3.05, 3.63) is 24.3 Å². The van der Waals surface area contributed by atoms with E-state index < -0.39 is 0 Å². The molecular weight excluding hydrogens is 246 g/mol. The van der Waals surface area contributed by atoms with Crippen LogP contribution < -0.4 is 0 Å². The highest BCUT2D eigenvalue weighted by molar-refractivity contribution is 5.44. The third-order valence-corrected chi connectivity index (χ3v) is 3.43. The average Bonchev–Trinajstić information content (AvgIpc) is 3.09. The second-order valence-corrected chi connectivity index (χ2v) is 4.91. The van der Waals surface area contributed by atoms with Crippen LogP contribution in [0.25, 0.3) is 11.6 Å². The summed E-state index contributed by atoms with van der Waals surface area (Å²) in [4.78, 5) is 6.56. The average molecular weight is 263 g/mol. The van der Waals surface area contributed by atoms with Crippen molar-refractivity contribution in [3.8, 4) is 11.6 Å². The first-order valence-corrected chi connectivity index (χ1v) is 6.55. The topological polar surface area (TPSA) is 75.5 Å². The van der Waals surface area contributed by atoms with Gasteiger partial charge in [0.2, 0.25) is 11.7 Å². The molecule has 1 aliphatic rings. The number of aromatic nitrogens is 2. The van der Waals surface area contributed by atoms with Crippen LogP contribution in [-0.2, 0) is 6.54 Å². The molecule has 1 atom stereocenters. The third kappa shape index (κ3) is 2.85. The van der Waals surface area contributed by atoms with Crippen LogP contribution in [0.4, 0.5) is 0 Å². The molecule has 0 saturated carbocycles. The third-order valence-electron chi connectivity index (χ3n) is 3.43. The smallest absolute Gasteiger partial charge is 0.241 e. The van der Waals surface area contributed by atoms with Gasteiger partial charge in [-0.25, -0.2) is 0 Å². The quantitative estimate of drug-likeness (QED) is 0.901. The lowest BCUT2D eigenvalue weighted by Gasteiger charge is -2.30. The molecule has 2 aromatic heterocycles. The fraction of sp³-hybridized carbons (Fsp3) is 0.538. The molecule has 6 nitrogen and oxygen atoms in total. The van der Waals surface area contributed by atoms with E-state index in [4.69, 9.17) is 8.94 Å². The Labute approximate surface area is 111 Å². The van der Waals surface area contributed by atoms with Gasteiger partial charge in [-0.2, -0.15) is 4.98 Å². The number of furan rings is 1. The lowest BCUT2D eigenvalue weighted by Crippen LogP contribution is -2.36. The molecule has 0 radical (unpaired) electrons. The van der Waals surface area contributed by atoms with Gasteiger partial charge in [0.25, 0.3) is 0 Å². The van der Waals surface area contributed by atoms with E-state index in [9.17, 15) is 5.11 Å². The molecule has 0 amide bonds. The number of aliphatic hydroxyl groups excluding tert-OH is 1. The normalized spacial score (nSPS) is 20.8. The van der Waals surface area contributed by atoms with E-state index in [2.05, 4.69) is 15.0 Å². The molecule has 3 heterocycles. The maximum absolute atomic E-state index is 9.21. The minimum absolute atomic E-state index is 0.248. The summed E-state index contributed by atoms with van der Waals surface area (Å²) >= 11 is 0. The molecule has 1 saturated heterocycles. The van der Waals surface area contributed by atoms with E-state index in [-0.39, 0.29) is 6.61 Å². The predicted molar refractivity (Wildman–Crippen MR) is 67.1 cm³/mol. The molecule has 1 N–H and O–H groups in total. The Morgan fingerprint density at radius 1 is 1.47 bits per heavy atom. The Balaban J connectivity index is 1.64. The minimum atomic E-state index is 0.248. The first-order valence-electron chi connectivity index (χ1n) is 6.55. The summed E-state index contributed by atoms with van der Waals surface area (Å²) in [5, 5.41) is 13.1. The molecule has 1 aliphatic heterocycles. The van der Waals surface area contributed by atoms with Crippen molar-refractivity contribution in [1.29, 1.82) is 0 Å². The summed E-state index contributed by atoms with van der Waals surface area (Å²) in [5.74, 6) is 2.05. The van der Waals surface area contributed by atoms with Crippen LogP contribution in [0.3, 0.4) is 0 Å². The zero-order valence-electron chi connectivity index (χ0n) is 10.7. The highest BCUT2D eigenvalue weighted by atomic mass is 16.5. The number of hydrogen-bond donors (Lipinski definition) is 1. The maximum Gasteiger partial charge on any atom is 0.241 e. The van der Waals surface area contributed by atoms with Crippen molar-refractivity contribution in [1.82, 2.24) is 15.0 Å². The molecular formula is C13H17N3O3. The Bertz CT molecular complexity index is 509. The van der Waals surface area contributed by atoms with Crippen molar-refractivity contribution >= 4 is 0 Å². The van der Waals surface area contributed by atoms with Crippen molar-refractivity contribution in [2.45, 2.75) is 19.4 Å². The van der Waals surface area contributed by atoms with Gasteiger partial charge in [0, 0.05) is 13.2 Å². The van der Waals surface area contributed by atoms with Gasteiger partial charge >= 0.3 is 0 Å². The van der Waals surface area contributed by atoms with Crippen LogP contribution in [-0.4, -0.2) is 39.8 Å². The largest absolute Gasteiger partial charge is 0.461 e. The van der Waals surface area contributed by atoms with Crippen molar-refractivity contribution < 1.29 is 14.0 Å². The predicted octanol–water partition coefficient (Wildman–Crippen LogP) is 1.53. The van der Waals surface area contributed by atoms with Gasteiger partial charge in [-0.1, -0.05) is 5.16 Å². The summed E-state index contributed by atoms with van der Waals surface area (Å²) in [6, 6.07) is 3.60. The SMILES string of the molecule is OCC1CCCN(Cc2nc(-c3ccco3)no2)C1. The monoisotopic (exact) mass is 263 g/mol. The molecule has 0 aliphatic carbocycles. The van der Waals surface area contributed by atoms with Crippen molar-refractivity contribution in [2.75, 3.05) is 19.7 Å². The van der Waals surface area contributed by atoms with Crippen molar-refractivity contribution in [3.63, 3.8) is 0 Å². The lowest BCUT2D eigenvalue weighted by atomic mass is 9.99. The molecule has 1 unspecified atom stereocenters. The van der Waals surface area contributed by atoms with E-state index in [0.717, 1.165) is 25.9 Å². The minimum Gasteiger partial charge on any atom is -0.461 e. The van der Waals surface area contributed by atoms with Crippen LogP contribution in [0.15, 0.2) is 27.3 Å². The molecule has 102 valence electrons. The van der Waals surface area contributed by atoms with E-state index in [1.54, 1.807) is 18.4 Å². The first kappa shape index (κ1) is 12.4. The standard InChI is InChI=1S/C13H17N3O3/c17-9-10-3-1-5-16(7-10)8-12-14-13(15-19-12)11-4-2-6-18-11/h2,4,6,10,17H,1,3,5,7-9H2. The van der Waals surface area contributed by atoms with Gasteiger partial charge in [-0.3, -0.25) is 4.90 Å². The van der Waals surface area contributed by atoms with Gasteiger partial charge < -0.3 is 14.0 Å². The van der Waals surface area contributed by atoms with Gasteiger partial charge in [-0.15, -0.1) is 0 Å². The second-order valence-electron chi connectivity index (χ2n) is 4.91. The zero-order chi connectivity index (χ0) is 13.1. The number of aliphatic hydroxyl groups is 1. The van der Waals surface area contributed by atoms with Crippen LogP contribution in [0.1, 0.15) is 18.7 Å². The Morgan fingerprint density at radius 2 is 2.42 bits per heavy atom. The zero-order valence-corrected chi connectivity index (χ0v) is 10.7. The highest BCUT2D eigenvalue weighted by Gasteiger charge is 2.21. The molecule has 0 aromatic carbocycles. The summed E-state index contributed by atoms with van der Waals surface area (Å²) in [6.45, 7) is 2.77. The number of rotatable bonds is 4. The number of hydrogen-bond acceptors (Lipinski definition) is 6. The number of piperidine rings is 1. The molecule has 3 rings (SSSR count). The van der Waals surface area contributed by atoms with E-state index in [1.807, 2.05) is 0 Å². The highest BCUT2D eigenvalue weighted by Crippen LogP contribution is 2.19. The molecule has 0 spiro atoms. The number of likely N-dealkylation sites (tertiary alicyclic amines) is 1. The maximum atomic E-state index is 9.21. The number of nitrogens with zero attached hydrogens (tertiary/aromatic N) is 3. The molecule has 0 bridgehead atoms. The molecule has 6 heteroatoms. The molecule has 1 fully saturated rings. The fourth-order valence-corrected chi connectivity index (χ4v) is 2.46. The molecule has 19 heavy (non-hydrogen) atoms. The Kier molecular flexibility index (Phi) is 3.61. The van der Waals surface area contributed by atoms with Gasteiger partial charge in [0.1, 0.15) is 0 Å². The van der Waals surface area contributed by atoms with Gasteiger partial charge in [0.15, 0.2) is 5.76 Å². The van der Waals surface area contributed by atoms with Crippen LogP contribution in [0.5, 0.6) is 0 Å². The van der Waals surface area contributed by atoms with Crippen LogP contribution in [0, 0.1) is 5.92 Å². The van der Waals surface area contributed by atoms with Gasteiger partial charge in [-0.05, 0) is 37.4 Å². The van der Waals surface area contributed by atoms with E-state index in [0.29, 0.717) is 29.9 Å². The summed E-state index contributed by atoms with van der Waals surface area (Å²) in [7, 11) is 0. The van der Waals surface area contributed by atoms with E-state index in [1.165, 1.54) is 0 Å². The van der Waals surface area contributed by atoms with E-state index >= 15 is 0 Å². The van der Waals surface area contributed by atoms with Crippen LogP contribution in [0.2, 0.25) is 0 Å². The Morgan fingerprint density at radius 3 is 3.21 bits per heavy atom. The summed E-state index contributed by atoms with van der Waals surface area (Å²) in [5.41, 5.74) is 0. The second kappa shape index (κ2) is 5.54. The summed E-state index contributed by atoms with van der Waals surface area (Å²) in [6.07, 6.45) is 3.78. The summed E-state index contributed by atoms with van der Waals surface area (Å²) < 4.78 is 10.5. The van der Waals surface area contributed by atoms with Crippen molar-refractivity contribution in [2.24, 2.45) is 5.92 Å². The Hall–Kier alpha value is -1.66. The molecule has 2 aromatic rings. The fourth-order valence-electron chi connectivity index (χ4n) is 2.46. The van der Waals surface area contributed by atoms with Crippen LogP contribution >= 0.6 is 0 Å². The van der Waals surface area contributed by atoms with Gasteiger partial charge in [0.05, 0.1) is 12.8 Å².